The number of nitrogen functional groups attached to an aromatic ring is 1. The van der Waals surface area contributed by atoms with Crippen LogP contribution in [0.2, 0.25) is 0 Å². The van der Waals surface area contributed by atoms with Crippen molar-refractivity contribution in [2.75, 3.05) is 12.3 Å². The van der Waals surface area contributed by atoms with Gasteiger partial charge in [0.2, 0.25) is 0 Å². The minimum absolute atomic E-state index is 0.104. The monoisotopic (exact) mass is 298 g/mol. The van der Waals surface area contributed by atoms with Gasteiger partial charge < -0.3 is 22.0 Å². The van der Waals surface area contributed by atoms with E-state index in [9.17, 15) is 0 Å². The molecule has 0 aliphatic heterocycles. The number of benzene rings is 1. The fourth-order valence-electron chi connectivity index (χ4n) is 2.30. The molecule has 0 unspecified atom stereocenters. The second-order valence-corrected chi connectivity index (χ2v) is 5.43. The molecule has 1 aromatic carbocycles. The van der Waals surface area contributed by atoms with Crippen LogP contribution in [0.4, 0.5) is 11.4 Å². The Bertz CT molecular complexity index is 699. The maximum Gasteiger partial charge on any atom is 0.0870 e. The van der Waals surface area contributed by atoms with E-state index in [0.717, 1.165) is 28.1 Å². The quantitative estimate of drug-likeness (QED) is 0.506. The van der Waals surface area contributed by atoms with Gasteiger partial charge in [-0.05, 0) is 67.7 Å². The first kappa shape index (κ1) is 16.0. The van der Waals surface area contributed by atoms with E-state index in [1.807, 2.05) is 32.1 Å². The van der Waals surface area contributed by atoms with Gasteiger partial charge in [0, 0.05) is 12.3 Å². The van der Waals surface area contributed by atoms with Crippen molar-refractivity contribution in [3.63, 3.8) is 0 Å². The standard InChI is InChI=1S/C17H22N4O/c1-10-11(2)16(6-5-13(10)18)21-17-8-12(4-3-7-22)14(19)9-15(17)20/h5-6,8-9,19,22H,3-4,7,18,20H2,1-2H3. The summed E-state index contributed by atoms with van der Waals surface area (Å²) >= 11 is 0. The third-order valence-corrected chi connectivity index (χ3v) is 3.90. The SMILES string of the molecule is Cc1c(N)ccc(N=C2C=C(CCCO)C(=N)C=C2N)c1C. The number of aliphatic hydroxyl groups is 1. The summed E-state index contributed by atoms with van der Waals surface area (Å²) in [6.07, 6.45) is 4.70. The van der Waals surface area contributed by atoms with Gasteiger partial charge in [-0.25, -0.2) is 4.99 Å². The highest BCUT2D eigenvalue weighted by atomic mass is 16.2. The van der Waals surface area contributed by atoms with Gasteiger partial charge >= 0.3 is 0 Å². The molecule has 116 valence electrons. The minimum Gasteiger partial charge on any atom is -0.399 e. The summed E-state index contributed by atoms with van der Waals surface area (Å²) in [6.45, 7) is 4.05. The lowest BCUT2D eigenvalue weighted by Gasteiger charge is -2.15. The largest absolute Gasteiger partial charge is 0.399 e. The first-order valence-electron chi connectivity index (χ1n) is 7.26. The topological polar surface area (TPSA) is 108 Å². The van der Waals surface area contributed by atoms with Crippen molar-refractivity contribution in [3.8, 4) is 0 Å². The molecule has 0 radical (unpaired) electrons. The molecule has 0 fully saturated rings. The van der Waals surface area contributed by atoms with Crippen LogP contribution in [-0.4, -0.2) is 23.1 Å². The van der Waals surface area contributed by atoms with Gasteiger partial charge in [0.1, 0.15) is 0 Å². The molecule has 0 bridgehead atoms. The van der Waals surface area contributed by atoms with Gasteiger partial charge in [0.15, 0.2) is 0 Å². The lowest BCUT2D eigenvalue weighted by Crippen LogP contribution is -2.18. The van der Waals surface area contributed by atoms with Crippen LogP contribution in [0.3, 0.4) is 0 Å². The number of aliphatic imine (C=N–C) groups is 1. The van der Waals surface area contributed by atoms with E-state index in [0.29, 0.717) is 30.0 Å². The van der Waals surface area contributed by atoms with Crippen LogP contribution in [0.1, 0.15) is 24.0 Å². The number of hydrogen-bond donors (Lipinski definition) is 4. The molecule has 6 N–H and O–H groups in total. The third-order valence-electron chi connectivity index (χ3n) is 3.90. The highest BCUT2D eigenvalue weighted by molar-refractivity contribution is 6.23. The van der Waals surface area contributed by atoms with Gasteiger partial charge in [0.25, 0.3) is 0 Å². The first-order chi connectivity index (χ1) is 10.4. The predicted octanol–water partition coefficient (Wildman–Crippen LogP) is 2.53. The van der Waals surface area contributed by atoms with Crippen LogP contribution in [0.15, 0.2) is 40.5 Å². The first-order valence-corrected chi connectivity index (χ1v) is 7.26. The van der Waals surface area contributed by atoms with E-state index in [1.54, 1.807) is 6.08 Å². The van der Waals surface area contributed by atoms with Crippen LogP contribution >= 0.6 is 0 Å². The van der Waals surface area contributed by atoms with E-state index in [2.05, 4.69) is 4.99 Å². The molecule has 0 saturated carbocycles. The minimum atomic E-state index is 0.104. The molecule has 5 heteroatoms. The van der Waals surface area contributed by atoms with Gasteiger partial charge in [-0.15, -0.1) is 0 Å². The Kier molecular flexibility index (Phi) is 4.78. The van der Waals surface area contributed by atoms with E-state index in [4.69, 9.17) is 22.0 Å². The normalized spacial score (nSPS) is 16.7. The molecule has 1 aliphatic rings. The smallest absolute Gasteiger partial charge is 0.0870 e. The number of anilines is 1. The zero-order chi connectivity index (χ0) is 16.3. The number of nitrogens with zero attached hydrogens (tertiary/aromatic N) is 1. The summed E-state index contributed by atoms with van der Waals surface area (Å²) in [5, 5.41) is 16.9. The van der Waals surface area contributed by atoms with Gasteiger partial charge in [-0.1, -0.05) is 0 Å². The van der Waals surface area contributed by atoms with Crippen molar-refractivity contribution < 1.29 is 5.11 Å². The maximum atomic E-state index is 8.95. The molecule has 0 atom stereocenters. The summed E-state index contributed by atoms with van der Waals surface area (Å²) in [5.74, 6) is 0. The van der Waals surface area contributed by atoms with Gasteiger partial charge in [0.05, 0.1) is 22.8 Å². The summed E-state index contributed by atoms with van der Waals surface area (Å²) < 4.78 is 0. The second kappa shape index (κ2) is 6.58. The van der Waals surface area contributed by atoms with Crippen LogP contribution in [0.5, 0.6) is 0 Å². The van der Waals surface area contributed by atoms with E-state index in [-0.39, 0.29) is 6.61 Å². The predicted molar refractivity (Wildman–Crippen MR) is 91.8 cm³/mol. The van der Waals surface area contributed by atoms with Gasteiger partial charge in [-0.2, -0.15) is 0 Å². The van der Waals surface area contributed by atoms with E-state index < -0.39 is 0 Å². The Morgan fingerprint density at radius 2 is 1.86 bits per heavy atom. The molecular weight excluding hydrogens is 276 g/mol. The number of nitrogens with one attached hydrogen (secondary N) is 1. The number of rotatable bonds is 4. The zero-order valence-corrected chi connectivity index (χ0v) is 13.0. The molecule has 1 aliphatic carbocycles. The molecule has 2 rings (SSSR count). The highest BCUT2D eigenvalue weighted by Gasteiger charge is 2.14. The summed E-state index contributed by atoms with van der Waals surface area (Å²) in [5.41, 5.74) is 17.8. The lowest BCUT2D eigenvalue weighted by atomic mass is 9.96. The molecule has 0 spiro atoms. The Hall–Kier alpha value is -2.40. The number of hydrogen-bond acceptors (Lipinski definition) is 5. The van der Waals surface area contributed by atoms with Crippen molar-refractivity contribution in [1.29, 1.82) is 5.41 Å². The molecule has 0 heterocycles. The Morgan fingerprint density at radius 3 is 2.55 bits per heavy atom. The Morgan fingerprint density at radius 1 is 1.14 bits per heavy atom. The fourth-order valence-corrected chi connectivity index (χ4v) is 2.30. The number of aliphatic hydroxyl groups excluding tert-OH is 1. The Labute approximate surface area is 130 Å². The fraction of sp³-hybridized carbons (Fsp3) is 0.294. The molecule has 0 saturated heterocycles. The molecule has 22 heavy (non-hydrogen) atoms. The average Bonchev–Trinajstić information content (AvgIpc) is 2.49. The van der Waals surface area contributed by atoms with Crippen molar-refractivity contribution in [3.05, 3.63) is 46.7 Å². The summed E-state index contributed by atoms with van der Waals surface area (Å²) in [4.78, 5) is 4.63. The molecule has 1 aromatic rings. The number of allylic oxidation sites excluding steroid dienone is 3. The summed E-state index contributed by atoms with van der Waals surface area (Å²) in [7, 11) is 0. The van der Waals surface area contributed by atoms with Crippen LogP contribution < -0.4 is 11.5 Å². The molecular formula is C17H22N4O. The maximum absolute atomic E-state index is 8.95. The molecule has 0 aromatic heterocycles. The van der Waals surface area contributed by atoms with Crippen molar-refractivity contribution in [2.24, 2.45) is 10.7 Å². The Balaban J connectivity index is 2.41. The van der Waals surface area contributed by atoms with Crippen LogP contribution in [0, 0.1) is 19.3 Å². The van der Waals surface area contributed by atoms with Crippen molar-refractivity contribution >= 4 is 22.8 Å². The van der Waals surface area contributed by atoms with Crippen LogP contribution in [-0.2, 0) is 0 Å². The van der Waals surface area contributed by atoms with Crippen molar-refractivity contribution in [2.45, 2.75) is 26.7 Å². The van der Waals surface area contributed by atoms with Crippen LogP contribution in [0.25, 0.3) is 0 Å². The third kappa shape index (κ3) is 3.26. The number of nitrogens with two attached hydrogens (primary N) is 2. The van der Waals surface area contributed by atoms with E-state index in [1.165, 1.54) is 0 Å². The zero-order valence-electron chi connectivity index (χ0n) is 13.0. The highest BCUT2D eigenvalue weighted by Crippen LogP contribution is 2.27. The second-order valence-electron chi connectivity index (χ2n) is 5.43. The van der Waals surface area contributed by atoms with E-state index >= 15 is 0 Å². The van der Waals surface area contributed by atoms with Crippen molar-refractivity contribution in [1.82, 2.24) is 0 Å². The lowest BCUT2D eigenvalue weighted by molar-refractivity contribution is 0.289. The molecule has 0 amide bonds. The summed E-state index contributed by atoms with van der Waals surface area (Å²) in [6, 6.07) is 3.71. The van der Waals surface area contributed by atoms with Gasteiger partial charge in [-0.3, -0.25) is 0 Å². The molecule has 5 nitrogen and oxygen atoms in total. The average molecular weight is 298 g/mol.